The molecule has 3 N–H and O–H groups in total. The molecule has 0 unspecified atom stereocenters. The number of carbonyl (C=O) groups excluding carboxylic acids is 1. The first-order chi connectivity index (χ1) is 14.0. The van der Waals surface area contributed by atoms with Gasteiger partial charge in [0.1, 0.15) is 11.3 Å². The zero-order valence-corrected chi connectivity index (χ0v) is 16.0. The fourth-order valence-electron chi connectivity index (χ4n) is 3.04. The first-order valence-electron chi connectivity index (χ1n) is 9.02. The second kappa shape index (κ2) is 8.47. The Kier molecular flexibility index (Phi) is 5.82. The average Bonchev–Trinajstić information content (AvgIpc) is 2.72. The van der Waals surface area contributed by atoms with Gasteiger partial charge < -0.3 is 19.5 Å². The van der Waals surface area contributed by atoms with Crippen LogP contribution in [0, 0.1) is 0 Å². The van der Waals surface area contributed by atoms with Gasteiger partial charge in [-0.2, -0.15) is 5.10 Å². The molecule has 0 fully saturated rings. The minimum absolute atomic E-state index is 0.0220. The minimum atomic E-state index is -0.815. The largest absolute Gasteiger partial charge is 0.506 e. The molecule has 0 radical (unpaired) electrons. The van der Waals surface area contributed by atoms with Crippen LogP contribution in [0.25, 0.3) is 10.9 Å². The summed E-state index contributed by atoms with van der Waals surface area (Å²) in [6, 6.07) is 11.4. The Morgan fingerprint density at radius 2 is 2.00 bits per heavy atom. The Balaban J connectivity index is 1.94. The van der Waals surface area contributed by atoms with Crippen LogP contribution in [0.15, 0.2) is 52.4 Å². The van der Waals surface area contributed by atoms with Crippen molar-refractivity contribution in [2.45, 2.75) is 19.9 Å². The smallest absolute Gasteiger partial charge is 0.280 e. The number of ether oxygens (including phenoxy) is 1. The van der Waals surface area contributed by atoms with E-state index in [-0.39, 0.29) is 22.8 Å². The van der Waals surface area contributed by atoms with Crippen molar-refractivity contribution in [2.24, 2.45) is 5.10 Å². The van der Waals surface area contributed by atoms with Gasteiger partial charge in [0.15, 0.2) is 11.5 Å². The Labute approximate surface area is 166 Å². The van der Waals surface area contributed by atoms with Crippen LogP contribution in [0.2, 0.25) is 0 Å². The molecule has 0 aliphatic heterocycles. The topological polar surface area (TPSA) is 113 Å². The molecule has 0 bridgehead atoms. The van der Waals surface area contributed by atoms with Gasteiger partial charge in [-0.3, -0.25) is 9.59 Å². The molecule has 8 nitrogen and oxygen atoms in total. The first kappa shape index (κ1) is 19.9. The Bertz CT molecular complexity index is 1150. The SMILES string of the molecule is CCCn1c(=O)c(C(=O)NN=Cc2ccc(O)c(OC)c2)c(O)c2ccccc21. The monoisotopic (exact) mass is 395 g/mol. The van der Waals surface area contributed by atoms with E-state index in [9.17, 15) is 19.8 Å². The molecular formula is C21H21N3O5. The van der Waals surface area contributed by atoms with Crippen molar-refractivity contribution in [1.29, 1.82) is 0 Å². The Morgan fingerprint density at radius 1 is 1.24 bits per heavy atom. The third-order valence-corrected chi connectivity index (χ3v) is 4.40. The number of nitrogens with one attached hydrogen (secondary N) is 1. The summed E-state index contributed by atoms with van der Waals surface area (Å²) in [5, 5.41) is 24.4. The van der Waals surface area contributed by atoms with E-state index in [4.69, 9.17) is 4.74 Å². The number of aromatic nitrogens is 1. The molecule has 3 rings (SSSR count). The third kappa shape index (κ3) is 3.91. The van der Waals surface area contributed by atoms with Crippen LogP contribution < -0.4 is 15.7 Å². The molecule has 0 aliphatic carbocycles. The van der Waals surface area contributed by atoms with Crippen molar-refractivity contribution < 1.29 is 19.7 Å². The molecule has 150 valence electrons. The van der Waals surface area contributed by atoms with Gasteiger partial charge in [0.05, 0.1) is 18.8 Å². The number of hydrogen-bond acceptors (Lipinski definition) is 6. The molecule has 0 saturated carbocycles. The van der Waals surface area contributed by atoms with E-state index in [2.05, 4.69) is 10.5 Å². The lowest BCUT2D eigenvalue weighted by Crippen LogP contribution is -2.31. The summed E-state index contributed by atoms with van der Waals surface area (Å²) in [5.41, 5.74) is 2.45. The van der Waals surface area contributed by atoms with Crippen molar-refractivity contribution in [1.82, 2.24) is 9.99 Å². The number of para-hydroxylation sites is 1. The molecule has 0 aliphatic rings. The van der Waals surface area contributed by atoms with E-state index in [1.807, 2.05) is 6.92 Å². The lowest BCUT2D eigenvalue weighted by atomic mass is 10.1. The highest BCUT2D eigenvalue weighted by Crippen LogP contribution is 2.27. The summed E-state index contributed by atoms with van der Waals surface area (Å²) >= 11 is 0. The van der Waals surface area contributed by atoms with E-state index in [0.29, 0.717) is 29.4 Å². The fourth-order valence-corrected chi connectivity index (χ4v) is 3.04. The summed E-state index contributed by atoms with van der Waals surface area (Å²) in [6.45, 7) is 2.33. The van der Waals surface area contributed by atoms with Crippen LogP contribution >= 0.6 is 0 Å². The predicted molar refractivity (Wildman–Crippen MR) is 110 cm³/mol. The van der Waals surface area contributed by atoms with Crippen LogP contribution in [0.3, 0.4) is 0 Å². The summed E-state index contributed by atoms with van der Waals surface area (Å²) in [6.07, 6.45) is 2.03. The number of methoxy groups -OCH3 is 1. The van der Waals surface area contributed by atoms with Gasteiger partial charge in [-0.15, -0.1) is 0 Å². The maximum absolute atomic E-state index is 12.8. The number of nitrogens with zero attached hydrogens (tertiary/aromatic N) is 2. The quantitative estimate of drug-likeness (QED) is 0.439. The maximum atomic E-state index is 12.8. The van der Waals surface area contributed by atoms with Gasteiger partial charge >= 0.3 is 0 Å². The van der Waals surface area contributed by atoms with Gasteiger partial charge in [-0.25, -0.2) is 5.43 Å². The standard InChI is InChI=1S/C21H21N3O5/c1-3-10-24-15-7-5-4-6-14(15)19(26)18(21(24)28)20(27)23-22-12-13-8-9-16(25)17(11-13)29-2/h4-9,11-12,25-26H,3,10H2,1-2H3,(H,23,27). The summed E-state index contributed by atoms with van der Waals surface area (Å²) in [7, 11) is 1.42. The average molecular weight is 395 g/mol. The van der Waals surface area contributed by atoms with E-state index in [0.717, 1.165) is 0 Å². The van der Waals surface area contributed by atoms with Gasteiger partial charge in [-0.1, -0.05) is 19.1 Å². The fraction of sp³-hybridized carbons (Fsp3) is 0.190. The number of benzene rings is 2. The van der Waals surface area contributed by atoms with Gasteiger partial charge in [0.2, 0.25) is 0 Å². The van der Waals surface area contributed by atoms with Crippen LogP contribution in [0.4, 0.5) is 0 Å². The molecular weight excluding hydrogens is 374 g/mol. The number of amides is 1. The van der Waals surface area contributed by atoms with Crippen molar-refractivity contribution in [3.8, 4) is 17.2 Å². The van der Waals surface area contributed by atoms with Crippen LogP contribution in [0.1, 0.15) is 29.3 Å². The molecule has 1 amide bonds. The number of hydrazone groups is 1. The van der Waals surface area contributed by atoms with Gasteiger partial charge in [0.25, 0.3) is 11.5 Å². The Hall–Kier alpha value is -3.81. The highest BCUT2D eigenvalue weighted by atomic mass is 16.5. The second-order valence-electron chi connectivity index (χ2n) is 6.33. The van der Waals surface area contributed by atoms with E-state index in [1.165, 1.54) is 30.0 Å². The Morgan fingerprint density at radius 3 is 2.72 bits per heavy atom. The number of phenols is 1. The molecule has 2 aromatic carbocycles. The number of aromatic hydroxyl groups is 2. The number of hydrogen-bond donors (Lipinski definition) is 3. The van der Waals surface area contributed by atoms with Crippen molar-refractivity contribution >= 4 is 23.0 Å². The highest BCUT2D eigenvalue weighted by molar-refractivity contribution is 6.02. The molecule has 1 heterocycles. The molecule has 0 atom stereocenters. The molecule has 29 heavy (non-hydrogen) atoms. The number of rotatable bonds is 6. The number of aryl methyl sites for hydroxylation is 1. The second-order valence-corrected chi connectivity index (χ2v) is 6.33. The molecule has 8 heteroatoms. The molecule has 0 saturated heterocycles. The summed E-state index contributed by atoms with van der Waals surface area (Å²) < 4.78 is 6.49. The first-order valence-corrected chi connectivity index (χ1v) is 9.02. The number of carbonyl (C=O) groups is 1. The molecule has 3 aromatic rings. The van der Waals surface area contributed by atoms with Crippen LogP contribution in [0.5, 0.6) is 17.2 Å². The number of fused-ring (bicyclic) bond motifs is 1. The van der Waals surface area contributed by atoms with E-state index < -0.39 is 11.5 Å². The zero-order valence-electron chi connectivity index (χ0n) is 16.0. The lowest BCUT2D eigenvalue weighted by molar-refractivity contribution is 0.0950. The minimum Gasteiger partial charge on any atom is -0.506 e. The highest BCUT2D eigenvalue weighted by Gasteiger charge is 2.21. The van der Waals surface area contributed by atoms with E-state index in [1.54, 1.807) is 30.3 Å². The zero-order chi connectivity index (χ0) is 21.0. The third-order valence-electron chi connectivity index (χ3n) is 4.40. The van der Waals surface area contributed by atoms with E-state index >= 15 is 0 Å². The van der Waals surface area contributed by atoms with Crippen LogP contribution in [-0.4, -0.2) is 34.0 Å². The summed E-state index contributed by atoms with van der Waals surface area (Å²) in [4.78, 5) is 25.4. The van der Waals surface area contributed by atoms with Gasteiger partial charge in [-0.05, 0) is 42.3 Å². The van der Waals surface area contributed by atoms with Crippen molar-refractivity contribution in [3.63, 3.8) is 0 Å². The van der Waals surface area contributed by atoms with Gasteiger partial charge in [0, 0.05) is 11.9 Å². The van der Waals surface area contributed by atoms with Crippen molar-refractivity contribution in [2.75, 3.05) is 7.11 Å². The predicted octanol–water partition coefficient (Wildman–Crippen LogP) is 2.60. The van der Waals surface area contributed by atoms with Crippen LogP contribution in [-0.2, 0) is 6.54 Å². The number of phenolic OH excluding ortho intramolecular Hbond substituents is 1. The summed E-state index contributed by atoms with van der Waals surface area (Å²) in [5.74, 6) is -0.955. The molecule has 1 aromatic heterocycles. The molecule has 0 spiro atoms. The number of pyridine rings is 1. The van der Waals surface area contributed by atoms with Crippen molar-refractivity contribution in [3.05, 3.63) is 63.9 Å². The maximum Gasteiger partial charge on any atom is 0.280 e. The normalized spacial score (nSPS) is 11.1. The lowest BCUT2D eigenvalue weighted by Gasteiger charge is -2.13.